The van der Waals surface area contributed by atoms with E-state index < -0.39 is 0 Å². The molecule has 1 aromatic carbocycles. The molecule has 0 atom stereocenters. The van der Waals surface area contributed by atoms with Gasteiger partial charge in [-0.3, -0.25) is 4.79 Å². The van der Waals surface area contributed by atoms with Crippen molar-refractivity contribution in [3.63, 3.8) is 0 Å². The minimum absolute atomic E-state index is 0.131. The molecule has 4 nitrogen and oxygen atoms in total. The monoisotopic (exact) mass is 301 g/mol. The van der Waals surface area contributed by atoms with Crippen LogP contribution in [0.15, 0.2) is 28.7 Å². The van der Waals surface area contributed by atoms with Crippen molar-refractivity contribution in [1.82, 2.24) is 5.32 Å². The molecule has 0 aliphatic heterocycles. The Morgan fingerprint density at radius 1 is 1.27 bits per heavy atom. The lowest BCUT2D eigenvalue weighted by molar-refractivity contribution is 0.0911. The van der Waals surface area contributed by atoms with Crippen LogP contribution in [-0.2, 0) is 11.3 Å². The number of para-hydroxylation sites is 1. The predicted octanol–water partition coefficient (Wildman–Crippen LogP) is 3.89. The van der Waals surface area contributed by atoms with Gasteiger partial charge in [-0.2, -0.15) is 0 Å². The van der Waals surface area contributed by atoms with E-state index in [1.807, 2.05) is 24.3 Å². The summed E-state index contributed by atoms with van der Waals surface area (Å²) in [7, 11) is 1.63. The average Bonchev–Trinajstić information content (AvgIpc) is 2.93. The zero-order chi connectivity index (χ0) is 15.4. The largest absolute Gasteiger partial charge is 0.451 e. The number of fused-ring (bicyclic) bond motifs is 1. The quantitative estimate of drug-likeness (QED) is 0.911. The van der Waals surface area contributed by atoms with E-state index >= 15 is 0 Å². The minimum atomic E-state index is -0.131. The second-order valence-electron chi connectivity index (χ2n) is 6.05. The standard InChI is InChI=1S/C18H23NO3/c1-21-12-15-14-9-5-6-10-16(14)22-17(15)18(20)19-11-13-7-3-2-4-8-13/h5-6,9-10,13H,2-4,7-8,11-12H2,1H3,(H,19,20). The third-order valence-electron chi connectivity index (χ3n) is 4.47. The number of ether oxygens (including phenoxy) is 1. The lowest BCUT2D eigenvalue weighted by atomic mass is 9.89. The number of amides is 1. The van der Waals surface area contributed by atoms with Crippen LogP contribution in [0, 0.1) is 5.92 Å². The second kappa shape index (κ2) is 6.97. The van der Waals surface area contributed by atoms with Crippen LogP contribution in [0.1, 0.15) is 48.2 Å². The van der Waals surface area contributed by atoms with E-state index in [9.17, 15) is 4.79 Å². The Morgan fingerprint density at radius 3 is 2.82 bits per heavy atom. The van der Waals surface area contributed by atoms with Gasteiger partial charge in [0.1, 0.15) is 5.58 Å². The van der Waals surface area contributed by atoms with Gasteiger partial charge in [0.2, 0.25) is 0 Å². The second-order valence-corrected chi connectivity index (χ2v) is 6.05. The van der Waals surface area contributed by atoms with Crippen molar-refractivity contribution >= 4 is 16.9 Å². The molecule has 2 aromatic rings. The topological polar surface area (TPSA) is 51.5 Å². The van der Waals surface area contributed by atoms with Crippen molar-refractivity contribution in [3.8, 4) is 0 Å². The van der Waals surface area contributed by atoms with Crippen molar-refractivity contribution in [2.45, 2.75) is 38.7 Å². The van der Waals surface area contributed by atoms with Gasteiger partial charge < -0.3 is 14.5 Å². The number of hydrogen-bond acceptors (Lipinski definition) is 3. The molecule has 1 aliphatic carbocycles. The Balaban J connectivity index is 1.76. The predicted molar refractivity (Wildman–Crippen MR) is 85.8 cm³/mol. The Bertz CT molecular complexity index is 641. The number of furan rings is 1. The first-order valence-electron chi connectivity index (χ1n) is 8.07. The molecule has 0 radical (unpaired) electrons. The van der Waals surface area contributed by atoms with E-state index in [0.717, 1.165) is 23.1 Å². The van der Waals surface area contributed by atoms with E-state index in [2.05, 4.69) is 5.32 Å². The number of benzene rings is 1. The molecule has 118 valence electrons. The van der Waals surface area contributed by atoms with Crippen LogP contribution in [0.5, 0.6) is 0 Å². The summed E-state index contributed by atoms with van der Waals surface area (Å²) in [6, 6.07) is 7.70. The highest BCUT2D eigenvalue weighted by atomic mass is 16.5. The first-order valence-corrected chi connectivity index (χ1v) is 8.07. The molecular weight excluding hydrogens is 278 g/mol. The Morgan fingerprint density at radius 2 is 2.05 bits per heavy atom. The number of hydrogen-bond donors (Lipinski definition) is 1. The van der Waals surface area contributed by atoms with E-state index in [-0.39, 0.29) is 5.91 Å². The molecule has 1 aliphatic rings. The summed E-state index contributed by atoms with van der Waals surface area (Å²) in [5, 5.41) is 3.99. The zero-order valence-electron chi connectivity index (χ0n) is 13.1. The fraction of sp³-hybridized carbons (Fsp3) is 0.500. The molecule has 1 saturated carbocycles. The van der Waals surface area contributed by atoms with E-state index in [0.29, 0.717) is 18.3 Å². The molecule has 4 heteroatoms. The van der Waals surface area contributed by atoms with Gasteiger partial charge >= 0.3 is 0 Å². The molecular formula is C18H23NO3. The van der Waals surface area contributed by atoms with Gasteiger partial charge in [0.15, 0.2) is 5.76 Å². The van der Waals surface area contributed by atoms with Gasteiger partial charge in [0.05, 0.1) is 6.61 Å². The summed E-state index contributed by atoms with van der Waals surface area (Å²) in [6.45, 7) is 1.12. The highest BCUT2D eigenvalue weighted by Crippen LogP contribution is 2.27. The lowest BCUT2D eigenvalue weighted by Crippen LogP contribution is -2.30. The summed E-state index contributed by atoms with van der Waals surface area (Å²) in [5.74, 6) is 0.862. The SMILES string of the molecule is COCc1c(C(=O)NCC2CCCCC2)oc2ccccc12. The molecule has 1 fully saturated rings. The average molecular weight is 301 g/mol. The first-order chi connectivity index (χ1) is 10.8. The van der Waals surface area contributed by atoms with Gasteiger partial charge in [0.25, 0.3) is 5.91 Å². The first kappa shape index (κ1) is 15.1. The van der Waals surface area contributed by atoms with Crippen LogP contribution in [0.25, 0.3) is 11.0 Å². The normalized spacial score (nSPS) is 16.0. The molecule has 1 N–H and O–H groups in total. The van der Waals surface area contributed by atoms with Crippen molar-refractivity contribution in [2.24, 2.45) is 5.92 Å². The highest BCUT2D eigenvalue weighted by molar-refractivity contribution is 5.99. The van der Waals surface area contributed by atoms with Gasteiger partial charge in [-0.05, 0) is 24.8 Å². The molecule has 0 saturated heterocycles. The van der Waals surface area contributed by atoms with Crippen molar-refractivity contribution in [1.29, 1.82) is 0 Å². The van der Waals surface area contributed by atoms with Crippen molar-refractivity contribution in [2.75, 3.05) is 13.7 Å². The van der Waals surface area contributed by atoms with Crippen LogP contribution < -0.4 is 5.32 Å². The molecule has 0 bridgehead atoms. The molecule has 1 aromatic heterocycles. The molecule has 3 rings (SSSR count). The third-order valence-corrected chi connectivity index (χ3v) is 4.47. The molecule has 22 heavy (non-hydrogen) atoms. The van der Waals surface area contributed by atoms with Gasteiger partial charge in [-0.1, -0.05) is 37.5 Å². The van der Waals surface area contributed by atoms with Crippen LogP contribution in [-0.4, -0.2) is 19.6 Å². The Labute approximate surface area is 130 Å². The van der Waals surface area contributed by atoms with E-state index in [1.54, 1.807) is 7.11 Å². The van der Waals surface area contributed by atoms with Crippen molar-refractivity contribution in [3.05, 3.63) is 35.6 Å². The minimum Gasteiger partial charge on any atom is -0.451 e. The van der Waals surface area contributed by atoms with Crippen molar-refractivity contribution < 1.29 is 13.9 Å². The number of nitrogens with one attached hydrogen (secondary N) is 1. The molecule has 0 spiro atoms. The summed E-state index contributed by atoms with van der Waals surface area (Å²) in [5.41, 5.74) is 1.57. The molecule has 1 heterocycles. The van der Waals surface area contributed by atoms with E-state index in [1.165, 1.54) is 32.1 Å². The maximum Gasteiger partial charge on any atom is 0.287 e. The number of carbonyl (C=O) groups excluding carboxylic acids is 1. The van der Waals surface area contributed by atoms with Gasteiger partial charge in [0, 0.05) is 24.6 Å². The molecule has 0 unspecified atom stereocenters. The third kappa shape index (κ3) is 3.17. The smallest absolute Gasteiger partial charge is 0.287 e. The number of methoxy groups -OCH3 is 1. The Hall–Kier alpha value is -1.81. The number of carbonyl (C=O) groups is 1. The summed E-state index contributed by atoms with van der Waals surface area (Å²) in [6.07, 6.45) is 6.31. The van der Waals surface area contributed by atoms with Crippen LogP contribution in [0.2, 0.25) is 0 Å². The van der Waals surface area contributed by atoms with E-state index in [4.69, 9.17) is 9.15 Å². The highest BCUT2D eigenvalue weighted by Gasteiger charge is 2.21. The summed E-state index contributed by atoms with van der Waals surface area (Å²) in [4.78, 5) is 12.5. The lowest BCUT2D eigenvalue weighted by Gasteiger charge is -2.21. The fourth-order valence-corrected chi connectivity index (χ4v) is 3.28. The fourth-order valence-electron chi connectivity index (χ4n) is 3.28. The van der Waals surface area contributed by atoms with Gasteiger partial charge in [-0.15, -0.1) is 0 Å². The number of rotatable bonds is 5. The van der Waals surface area contributed by atoms with Crippen LogP contribution in [0.4, 0.5) is 0 Å². The van der Waals surface area contributed by atoms with Crippen LogP contribution >= 0.6 is 0 Å². The maximum atomic E-state index is 12.5. The summed E-state index contributed by atoms with van der Waals surface area (Å²) >= 11 is 0. The molecule has 1 amide bonds. The van der Waals surface area contributed by atoms with Crippen LogP contribution in [0.3, 0.4) is 0 Å². The maximum absolute atomic E-state index is 12.5. The summed E-state index contributed by atoms with van der Waals surface area (Å²) < 4.78 is 11.0. The zero-order valence-corrected chi connectivity index (χ0v) is 13.1. The Kier molecular flexibility index (Phi) is 4.78. The van der Waals surface area contributed by atoms with Gasteiger partial charge in [-0.25, -0.2) is 0 Å².